The quantitative estimate of drug-likeness (QED) is 0.203. The highest BCUT2D eigenvalue weighted by molar-refractivity contribution is 6.07. The third-order valence-corrected chi connectivity index (χ3v) is 9.00. The van der Waals surface area contributed by atoms with Gasteiger partial charge in [0.15, 0.2) is 17.5 Å². The van der Waals surface area contributed by atoms with Gasteiger partial charge in [-0.15, -0.1) is 0 Å². The molecule has 0 amide bonds. The maximum Gasteiger partial charge on any atom is 0.164 e. The van der Waals surface area contributed by atoms with E-state index in [2.05, 4.69) is 92.0 Å². The van der Waals surface area contributed by atoms with Gasteiger partial charge in [-0.05, 0) is 79.1 Å². The van der Waals surface area contributed by atoms with Gasteiger partial charge in [-0.2, -0.15) is 0 Å². The number of hydrogen-bond acceptors (Lipinski definition) is 6. The number of pyridine rings is 1. The number of nitrogens with one attached hydrogen (secondary N) is 1. The van der Waals surface area contributed by atoms with E-state index in [9.17, 15) is 0 Å². The Kier molecular flexibility index (Phi) is 6.87. The molecule has 9 rings (SSSR count). The van der Waals surface area contributed by atoms with Gasteiger partial charge in [-0.3, -0.25) is 0 Å². The molecule has 1 aliphatic heterocycles. The number of fused-ring (bicyclic) bond motifs is 4. The van der Waals surface area contributed by atoms with Crippen molar-refractivity contribution in [3.63, 3.8) is 0 Å². The van der Waals surface area contributed by atoms with Crippen LogP contribution in [0.2, 0.25) is 0 Å². The molecule has 3 aromatic heterocycles. The average molecular weight is 634 g/mol. The van der Waals surface area contributed by atoms with E-state index in [4.69, 9.17) is 24.4 Å². The van der Waals surface area contributed by atoms with E-state index in [1.54, 1.807) is 0 Å². The van der Waals surface area contributed by atoms with Crippen molar-refractivity contribution in [2.45, 2.75) is 19.9 Å². The molecule has 1 unspecified atom stereocenters. The minimum absolute atomic E-state index is 0.282. The van der Waals surface area contributed by atoms with Crippen LogP contribution in [0.1, 0.15) is 19.5 Å². The van der Waals surface area contributed by atoms with Gasteiger partial charge in [-0.1, -0.05) is 91.0 Å². The number of benzene rings is 5. The summed E-state index contributed by atoms with van der Waals surface area (Å²) in [6.45, 7) is 4.25. The highest BCUT2D eigenvalue weighted by atomic mass is 16.3. The van der Waals surface area contributed by atoms with Crippen LogP contribution >= 0.6 is 0 Å². The lowest BCUT2D eigenvalue weighted by Gasteiger charge is -2.19. The number of aromatic nitrogens is 4. The van der Waals surface area contributed by atoms with Crippen molar-refractivity contribution >= 4 is 38.4 Å². The summed E-state index contributed by atoms with van der Waals surface area (Å²) >= 11 is 0. The summed E-state index contributed by atoms with van der Waals surface area (Å²) in [5.74, 6) is 1.86. The number of allylic oxidation sites excluding steroid dienone is 3. The third-order valence-electron chi connectivity index (χ3n) is 9.00. The smallest absolute Gasteiger partial charge is 0.164 e. The molecule has 0 radical (unpaired) electrons. The fourth-order valence-electron chi connectivity index (χ4n) is 6.65. The first kappa shape index (κ1) is 28.8. The molecule has 1 aliphatic rings. The number of rotatable bonds is 5. The third kappa shape index (κ3) is 5.43. The van der Waals surface area contributed by atoms with Crippen LogP contribution in [0.3, 0.4) is 0 Å². The van der Waals surface area contributed by atoms with Gasteiger partial charge in [0.05, 0.1) is 11.2 Å². The van der Waals surface area contributed by atoms with Crippen molar-refractivity contribution in [3.8, 4) is 45.3 Å². The maximum atomic E-state index is 6.40. The molecular weight excluding hydrogens is 603 g/mol. The van der Waals surface area contributed by atoms with Gasteiger partial charge in [0.25, 0.3) is 0 Å². The molecule has 0 spiro atoms. The molecule has 0 fully saturated rings. The van der Waals surface area contributed by atoms with Gasteiger partial charge >= 0.3 is 0 Å². The molecule has 6 nitrogen and oxygen atoms in total. The van der Waals surface area contributed by atoms with Gasteiger partial charge < -0.3 is 9.73 Å². The van der Waals surface area contributed by atoms with Crippen LogP contribution in [0.4, 0.5) is 0 Å². The Bertz CT molecular complexity index is 2550. The van der Waals surface area contributed by atoms with Crippen molar-refractivity contribution in [1.29, 1.82) is 0 Å². The largest absolute Gasteiger partial charge is 0.456 e. The zero-order valence-electron chi connectivity index (χ0n) is 27.1. The Morgan fingerprint density at radius 1 is 0.551 bits per heavy atom. The van der Waals surface area contributed by atoms with Gasteiger partial charge in [0.2, 0.25) is 0 Å². The second-order valence-corrected chi connectivity index (χ2v) is 12.5. The predicted molar refractivity (Wildman–Crippen MR) is 198 cm³/mol. The minimum Gasteiger partial charge on any atom is -0.456 e. The second-order valence-electron chi connectivity index (χ2n) is 12.5. The van der Waals surface area contributed by atoms with Crippen LogP contribution < -0.4 is 5.32 Å². The molecule has 0 bridgehead atoms. The summed E-state index contributed by atoms with van der Waals surface area (Å²) in [6.07, 6.45) is 4.38. The average Bonchev–Trinajstić information content (AvgIpc) is 3.52. The Morgan fingerprint density at radius 2 is 1.20 bits per heavy atom. The molecule has 6 heteroatoms. The molecule has 0 aliphatic carbocycles. The molecule has 1 N–H and O–H groups in total. The van der Waals surface area contributed by atoms with Crippen LogP contribution in [0.15, 0.2) is 150 Å². The lowest BCUT2D eigenvalue weighted by Crippen LogP contribution is -2.25. The SMILES string of the molecule is CC1=CC(c2ccc3cc(-c4ccc5oc6cc(-c7nc(-c8ccccc8)nc(-c8ccccc8)n7)ccc6c5c4)ccc3n2)=CC(C)N1. The summed E-state index contributed by atoms with van der Waals surface area (Å²) < 4.78 is 6.40. The first-order chi connectivity index (χ1) is 24.0. The summed E-state index contributed by atoms with van der Waals surface area (Å²) in [6, 6.07) is 43.6. The molecule has 49 heavy (non-hydrogen) atoms. The fraction of sp³-hybridized carbons (Fsp3) is 0.0698. The van der Waals surface area contributed by atoms with Crippen LogP contribution in [-0.4, -0.2) is 26.0 Å². The number of hydrogen-bond donors (Lipinski definition) is 1. The number of dihydropyridines is 1. The zero-order valence-corrected chi connectivity index (χ0v) is 27.1. The van der Waals surface area contributed by atoms with Crippen LogP contribution in [0.5, 0.6) is 0 Å². The molecule has 1 atom stereocenters. The predicted octanol–water partition coefficient (Wildman–Crippen LogP) is 10.3. The van der Waals surface area contributed by atoms with Crippen molar-refractivity contribution < 1.29 is 4.42 Å². The first-order valence-corrected chi connectivity index (χ1v) is 16.5. The molecule has 5 aromatic carbocycles. The van der Waals surface area contributed by atoms with Crippen molar-refractivity contribution in [2.75, 3.05) is 0 Å². The standard InChI is InChI=1S/C43H31N5O/c1-26-21-34(22-27(2)44-26)38-19-15-32-23-30(14-18-37(32)45-38)31-16-20-39-36(24-31)35-17-13-33(25-40(35)49-39)43-47-41(28-9-5-3-6-10-28)46-42(48-43)29-11-7-4-8-12-29/h3-26,44H,1-2H3. The zero-order chi connectivity index (χ0) is 32.9. The van der Waals surface area contributed by atoms with Gasteiger partial charge in [0.1, 0.15) is 11.2 Å². The van der Waals surface area contributed by atoms with Crippen LogP contribution in [-0.2, 0) is 0 Å². The van der Waals surface area contributed by atoms with Crippen LogP contribution in [0.25, 0.3) is 83.7 Å². The monoisotopic (exact) mass is 633 g/mol. The number of furan rings is 1. The normalized spacial score (nSPS) is 14.5. The van der Waals surface area contributed by atoms with E-state index in [0.717, 1.165) is 77.6 Å². The molecule has 234 valence electrons. The van der Waals surface area contributed by atoms with E-state index in [1.807, 2.05) is 66.7 Å². The van der Waals surface area contributed by atoms with Crippen molar-refractivity contribution in [1.82, 2.24) is 25.3 Å². The molecule has 4 heterocycles. The Labute approximate surface area is 283 Å². The summed E-state index contributed by atoms with van der Waals surface area (Å²) in [5, 5.41) is 6.64. The minimum atomic E-state index is 0.282. The lowest BCUT2D eigenvalue weighted by atomic mass is 9.99. The maximum absolute atomic E-state index is 6.40. The summed E-state index contributed by atoms with van der Waals surface area (Å²) in [7, 11) is 0. The Morgan fingerprint density at radius 3 is 1.92 bits per heavy atom. The van der Waals surface area contributed by atoms with Crippen LogP contribution in [0, 0.1) is 0 Å². The highest BCUT2D eigenvalue weighted by Crippen LogP contribution is 2.36. The Balaban J connectivity index is 1.08. The molecule has 8 aromatic rings. The van der Waals surface area contributed by atoms with Gasteiger partial charge in [-0.25, -0.2) is 19.9 Å². The Hall–Kier alpha value is -6.40. The fourth-order valence-corrected chi connectivity index (χ4v) is 6.65. The van der Waals surface area contributed by atoms with Crippen molar-refractivity contribution in [3.05, 3.63) is 151 Å². The highest BCUT2D eigenvalue weighted by Gasteiger charge is 2.16. The van der Waals surface area contributed by atoms with E-state index >= 15 is 0 Å². The van der Waals surface area contributed by atoms with E-state index in [1.165, 1.54) is 0 Å². The van der Waals surface area contributed by atoms with Gasteiger partial charge in [0, 0.05) is 44.6 Å². The molecular formula is C43H31N5O. The van der Waals surface area contributed by atoms with E-state index < -0.39 is 0 Å². The number of nitrogens with zero attached hydrogens (tertiary/aromatic N) is 4. The summed E-state index contributed by atoms with van der Waals surface area (Å²) in [4.78, 5) is 19.6. The van der Waals surface area contributed by atoms with E-state index in [0.29, 0.717) is 17.5 Å². The summed E-state index contributed by atoms with van der Waals surface area (Å²) in [5.41, 5.74) is 10.9. The molecule has 0 saturated heterocycles. The van der Waals surface area contributed by atoms with Crippen molar-refractivity contribution in [2.24, 2.45) is 0 Å². The topological polar surface area (TPSA) is 76.7 Å². The lowest BCUT2D eigenvalue weighted by molar-refractivity contribution is 0.669. The first-order valence-electron chi connectivity index (χ1n) is 16.5. The van der Waals surface area contributed by atoms with E-state index in [-0.39, 0.29) is 6.04 Å². The molecule has 0 saturated carbocycles. The second kappa shape index (κ2) is 11.7.